The molecule has 47 heavy (non-hydrogen) atoms. The van der Waals surface area contributed by atoms with Crippen LogP contribution < -0.4 is 19.7 Å². The largest absolute Gasteiger partial charge is 0.489 e. The van der Waals surface area contributed by atoms with Gasteiger partial charge in [-0.15, -0.1) is 11.3 Å². The van der Waals surface area contributed by atoms with Crippen LogP contribution in [0, 0.1) is 17.1 Å². The number of H-pyrrole nitrogens is 1. The highest BCUT2D eigenvalue weighted by molar-refractivity contribution is 7.25. The first kappa shape index (κ1) is 28.3. The first-order chi connectivity index (χ1) is 22.9. The average Bonchev–Trinajstić information content (AvgIpc) is 3.86. The molecule has 2 aromatic carbocycles. The predicted molar refractivity (Wildman–Crippen MR) is 177 cm³/mol. The number of hydrogen-bond donors (Lipinski definition) is 2. The molecule has 0 radical (unpaired) electrons. The molecule has 5 aliphatic heterocycles. The minimum atomic E-state index is -0.895. The Kier molecular flexibility index (Phi) is 6.09. The molecule has 13 heteroatoms. The van der Waals surface area contributed by atoms with E-state index in [0.717, 1.165) is 52.5 Å². The van der Waals surface area contributed by atoms with Crippen molar-refractivity contribution in [3.05, 3.63) is 40.8 Å². The number of nitriles is 1. The molecule has 5 aliphatic rings. The van der Waals surface area contributed by atoms with E-state index in [1.807, 2.05) is 18.2 Å². The number of ether oxygens (including phenoxy) is 2. The van der Waals surface area contributed by atoms with Crippen molar-refractivity contribution >= 4 is 60.0 Å². The molecule has 0 aliphatic carbocycles. The number of fused-ring (bicyclic) bond motifs is 9. The number of aromatic amines is 1. The second-order valence-corrected chi connectivity index (χ2v) is 15.1. The number of benzene rings is 2. The summed E-state index contributed by atoms with van der Waals surface area (Å²) in [5.41, 5.74) is 0.860. The van der Waals surface area contributed by atoms with Gasteiger partial charge in [0.05, 0.1) is 27.6 Å². The van der Waals surface area contributed by atoms with E-state index in [-0.39, 0.29) is 46.8 Å². The van der Waals surface area contributed by atoms with Gasteiger partial charge in [-0.3, -0.25) is 4.90 Å². The van der Waals surface area contributed by atoms with Gasteiger partial charge in [-0.05, 0) is 43.9 Å². The Balaban J connectivity index is 1.19. The highest BCUT2D eigenvalue weighted by Crippen LogP contribution is 2.52. The lowest BCUT2D eigenvalue weighted by molar-refractivity contribution is 0.107. The number of alkyl halides is 1. The molecular formula is C34H30ClF2N7O2S. The van der Waals surface area contributed by atoms with E-state index in [9.17, 15) is 9.65 Å². The van der Waals surface area contributed by atoms with Crippen molar-refractivity contribution in [2.75, 3.05) is 37.7 Å². The zero-order chi connectivity index (χ0) is 31.6. The van der Waals surface area contributed by atoms with E-state index in [1.165, 1.54) is 11.3 Å². The van der Waals surface area contributed by atoms with Gasteiger partial charge in [-0.1, -0.05) is 23.7 Å². The summed E-state index contributed by atoms with van der Waals surface area (Å²) in [6, 6.07) is 8.42. The number of hydrogen-bond acceptors (Lipinski definition) is 9. The fourth-order valence-electron chi connectivity index (χ4n) is 9.05. The number of thiophene rings is 1. The number of piperazine rings is 1. The molecule has 4 saturated heterocycles. The third kappa shape index (κ3) is 3.97. The lowest BCUT2D eigenvalue weighted by atomic mass is 9.95. The number of rotatable bonds is 4. The van der Waals surface area contributed by atoms with Crippen LogP contribution in [0.3, 0.4) is 0 Å². The quantitative estimate of drug-likeness (QED) is 0.229. The van der Waals surface area contributed by atoms with Crippen molar-refractivity contribution in [2.45, 2.75) is 61.9 Å². The lowest BCUT2D eigenvalue weighted by Gasteiger charge is -2.40. The van der Waals surface area contributed by atoms with Crippen LogP contribution >= 0.6 is 22.9 Å². The zero-order valence-corrected chi connectivity index (χ0v) is 26.9. The fourth-order valence-corrected chi connectivity index (χ4v) is 10.5. The van der Waals surface area contributed by atoms with Crippen LogP contribution in [0.5, 0.6) is 11.8 Å². The number of aromatic nitrogens is 3. The molecule has 3 aromatic heterocycles. The normalized spacial score (nSPS) is 28.1. The number of nitrogens with one attached hydrogen (secondary N) is 2. The van der Waals surface area contributed by atoms with Gasteiger partial charge < -0.3 is 24.7 Å². The van der Waals surface area contributed by atoms with Gasteiger partial charge in [0.15, 0.2) is 11.6 Å². The summed E-state index contributed by atoms with van der Waals surface area (Å²) in [6.45, 7) is 2.51. The molecular weight excluding hydrogens is 644 g/mol. The van der Waals surface area contributed by atoms with Crippen LogP contribution in [0.2, 0.25) is 5.02 Å². The molecule has 8 heterocycles. The summed E-state index contributed by atoms with van der Waals surface area (Å²) < 4.78 is 45.7. The van der Waals surface area contributed by atoms with E-state index < -0.39 is 17.5 Å². The number of nitrogens with zero attached hydrogens (tertiary/aromatic N) is 5. The minimum absolute atomic E-state index is 0.0429. The summed E-state index contributed by atoms with van der Waals surface area (Å²) in [7, 11) is 0. The highest BCUT2D eigenvalue weighted by atomic mass is 35.5. The maximum absolute atomic E-state index is 17.3. The van der Waals surface area contributed by atoms with Crippen LogP contribution in [0.4, 0.5) is 14.6 Å². The van der Waals surface area contributed by atoms with Crippen LogP contribution in [0.15, 0.2) is 24.4 Å². The van der Waals surface area contributed by atoms with Crippen LogP contribution in [0.1, 0.15) is 37.7 Å². The molecule has 5 aromatic rings. The van der Waals surface area contributed by atoms with Gasteiger partial charge in [-0.2, -0.15) is 15.2 Å². The second-order valence-electron chi connectivity index (χ2n) is 13.6. The van der Waals surface area contributed by atoms with Gasteiger partial charge in [-0.25, -0.2) is 8.78 Å². The minimum Gasteiger partial charge on any atom is -0.489 e. The topological polar surface area (TPSA) is 102 Å². The van der Waals surface area contributed by atoms with Crippen molar-refractivity contribution in [3.8, 4) is 29.0 Å². The van der Waals surface area contributed by atoms with Crippen molar-refractivity contribution < 1.29 is 18.3 Å². The van der Waals surface area contributed by atoms with Crippen LogP contribution in [-0.2, 0) is 0 Å². The van der Waals surface area contributed by atoms with E-state index in [1.54, 1.807) is 6.20 Å². The average molecular weight is 674 g/mol. The second kappa shape index (κ2) is 10.1. The van der Waals surface area contributed by atoms with Crippen molar-refractivity contribution in [1.29, 1.82) is 5.26 Å². The number of anilines is 1. The van der Waals surface area contributed by atoms with Crippen LogP contribution in [0.25, 0.3) is 42.3 Å². The van der Waals surface area contributed by atoms with E-state index >= 15 is 4.39 Å². The van der Waals surface area contributed by atoms with Crippen molar-refractivity contribution in [1.82, 2.24) is 25.2 Å². The van der Waals surface area contributed by atoms with Gasteiger partial charge in [0.1, 0.15) is 41.6 Å². The molecule has 5 atom stereocenters. The molecule has 9 nitrogen and oxygen atoms in total. The summed E-state index contributed by atoms with van der Waals surface area (Å²) in [4.78, 5) is 18.1. The Morgan fingerprint density at radius 2 is 2.13 bits per heavy atom. The lowest BCUT2D eigenvalue weighted by Crippen LogP contribution is -2.60. The fraction of sp³-hybridized carbons (Fsp3) is 0.441. The molecule has 2 bridgehead atoms. The molecule has 240 valence electrons. The van der Waals surface area contributed by atoms with Crippen LogP contribution in [-0.4, -0.2) is 82.5 Å². The Morgan fingerprint density at radius 3 is 3.02 bits per heavy atom. The maximum atomic E-state index is 17.3. The summed E-state index contributed by atoms with van der Waals surface area (Å²) in [5.74, 6) is 0.297. The smallest absolute Gasteiger partial charge is 0.319 e. The van der Waals surface area contributed by atoms with Gasteiger partial charge >= 0.3 is 6.01 Å². The third-order valence-corrected chi connectivity index (χ3v) is 12.6. The molecule has 4 fully saturated rings. The van der Waals surface area contributed by atoms with Crippen molar-refractivity contribution in [3.63, 3.8) is 0 Å². The molecule has 0 amide bonds. The molecule has 10 rings (SSSR count). The monoisotopic (exact) mass is 673 g/mol. The van der Waals surface area contributed by atoms with E-state index in [0.29, 0.717) is 54.2 Å². The Morgan fingerprint density at radius 1 is 1.21 bits per heavy atom. The Hall–Kier alpha value is -3.76. The van der Waals surface area contributed by atoms with Gasteiger partial charge in [0, 0.05) is 58.8 Å². The molecule has 3 unspecified atom stereocenters. The summed E-state index contributed by atoms with van der Waals surface area (Å²) in [6.07, 6.45) is 5.06. The highest BCUT2D eigenvalue weighted by Gasteiger charge is 2.50. The molecule has 2 N–H and O–H groups in total. The zero-order valence-electron chi connectivity index (χ0n) is 25.3. The van der Waals surface area contributed by atoms with Gasteiger partial charge in [0.2, 0.25) is 0 Å². The Bertz CT molecular complexity index is 2180. The third-order valence-electron chi connectivity index (χ3n) is 11.1. The Labute approximate surface area is 277 Å². The summed E-state index contributed by atoms with van der Waals surface area (Å²) in [5, 5.41) is 15.7. The maximum Gasteiger partial charge on any atom is 0.319 e. The van der Waals surface area contributed by atoms with Gasteiger partial charge in [0.25, 0.3) is 0 Å². The first-order valence-corrected chi connectivity index (χ1v) is 17.4. The SMILES string of the molecule is N#Cc1c[nH]c2sc3cccc(-c4c(Cl)c5c6c(nc(OC[C@@]78CCCN7C[C@H](F)C8)nc6c4F)N4CC6CCC(N6)C4CO5)c3c12. The molecule has 0 saturated carbocycles. The van der Waals surface area contributed by atoms with E-state index in [4.69, 9.17) is 31.0 Å². The molecule has 0 spiro atoms. The predicted octanol–water partition coefficient (Wildman–Crippen LogP) is 6.31. The van der Waals surface area contributed by atoms with Crippen molar-refractivity contribution in [2.24, 2.45) is 0 Å². The number of halogens is 3. The standard InChI is InChI=1S/C34H30ClF2N7O2S/c35-27-25(19-3-1-4-22-24(19)23-16(10-38)11-39-32(23)47-22)28(37)29-26-30(27)45-14-21-20-6-5-18(40-20)13-44(21)31(26)42-33(41-29)46-15-34-7-2-8-43(34)12-17(36)9-34/h1,3-4,11,17-18,20-21,39-40H,2,5-9,12-15H2/t17-,18?,20?,21?,34+/m1/s1. The first-order valence-electron chi connectivity index (χ1n) is 16.3. The summed E-state index contributed by atoms with van der Waals surface area (Å²) >= 11 is 8.72. The van der Waals surface area contributed by atoms with E-state index in [2.05, 4.69) is 26.2 Å².